The van der Waals surface area contributed by atoms with E-state index in [0.717, 1.165) is 12.0 Å². The fourth-order valence-corrected chi connectivity index (χ4v) is 3.88. The molecule has 4 N–H and O–H groups in total. The number of rotatable bonds is 9. The lowest BCUT2D eigenvalue weighted by Gasteiger charge is -2.14. The van der Waals surface area contributed by atoms with Gasteiger partial charge in [0, 0.05) is 41.7 Å². The lowest BCUT2D eigenvalue weighted by atomic mass is 10.1. The maximum Gasteiger partial charge on any atom is 0.134 e. The van der Waals surface area contributed by atoms with Gasteiger partial charge in [0.25, 0.3) is 0 Å². The number of nitrogen functional groups attached to an aromatic ring is 2. The van der Waals surface area contributed by atoms with E-state index in [4.69, 9.17) is 30.4 Å². The highest BCUT2D eigenvalue weighted by molar-refractivity contribution is 5.49. The topological polar surface area (TPSA) is 89.0 Å². The molecule has 0 bridgehead atoms. The molecule has 5 aromatic rings. The first-order valence-electron chi connectivity index (χ1n) is 12.3. The van der Waals surface area contributed by atoms with E-state index < -0.39 is 0 Å². The van der Waals surface area contributed by atoms with Crippen LogP contribution in [0.5, 0.6) is 46.0 Å². The van der Waals surface area contributed by atoms with Gasteiger partial charge in [-0.3, -0.25) is 0 Å². The van der Waals surface area contributed by atoms with Gasteiger partial charge >= 0.3 is 0 Å². The molecule has 6 heteroatoms. The zero-order valence-corrected chi connectivity index (χ0v) is 21.0. The summed E-state index contributed by atoms with van der Waals surface area (Å²) in [5, 5.41) is 0. The molecule has 0 aliphatic carbocycles. The van der Waals surface area contributed by atoms with Crippen molar-refractivity contribution in [1.29, 1.82) is 0 Å². The van der Waals surface area contributed by atoms with Crippen LogP contribution in [0.15, 0.2) is 115 Å². The fraction of sp³-hybridized carbons (Fsp3) is 0.0625. The van der Waals surface area contributed by atoms with E-state index in [-0.39, 0.29) is 0 Å². The number of aryl methyl sites for hydroxylation is 1. The standard InChI is InChI=1S/C32H28N2O4/c1-2-22-15-16-31(37-28-12-5-11-27(19-28)35-25-9-3-7-23(33)17-25)21-32(22)38-30-14-6-13-29(20-30)36-26-10-4-8-24(34)18-26/h3-21H,2,33-34H2,1H3. The highest BCUT2D eigenvalue weighted by atomic mass is 16.5. The Morgan fingerprint density at radius 2 is 0.842 bits per heavy atom. The first-order valence-corrected chi connectivity index (χ1v) is 12.3. The Hall–Kier alpha value is -5.10. The second kappa shape index (κ2) is 11.3. The van der Waals surface area contributed by atoms with Gasteiger partial charge in [0.1, 0.15) is 46.0 Å². The molecule has 0 aromatic heterocycles. The van der Waals surface area contributed by atoms with Crippen LogP contribution in [0.3, 0.4) is 0 Å². The SMILES string of the molecule is CCc1ccc(Oc2cccc(Oc3cccc(N)c3)c2)cc1Oc1cccc(Oc2cccc(N)c2)c1. The van der Waals surface area contributed by atoms with Crippen LogP contribution >= 0.6 is 0 Å². The minimum atomic E-state index is 0.638. The van der Waals surface area contributed by atoms with Gasteiger partial charge in [0.2, 0.25) is 0 Å². The van der Waals surface area contributed by atoms with E-state index in [9.17, 15) is 0 Å². The van der Waals surface area contributed by atoms with Crippen LogP contribution in [0.4, 0.5) is 11.4 Å². The van der Waals surface area contributed by atoms with Gasteiger partial charge in [-0.25, -0.2) is 0 Å². The van der Waals surface area contributed by atoms with Crippen LogP contribution < -0.4 is 30.4 Å². The summed E-state index contributed by atoms with van der Waals surface area (Å²) in [7, 11) is 0. The van der Waals surface area contributed by atoms with Crippen molar-refractivity contribution in [3.05, 3.63) is 121 Å². The predicted molar refractivity (Wildman–Crippen MR) is 151 cm³/mol. The summed E-state index contributed by atoms with van der Waals surface area (Å²) in [6.45, 7) is 2.08. The van der Waals surface area contributed by atoms with Crippen molar-refractivity contribution < 1.29 is 18.9 Å². The zero-order valence-electron chi connectivity index (χ0n) is 21.0. The van der Waals surface area contributed by atoms with Gasteiger partial charge in [-0.05, 0) is 66.6 Å². The van der Waals surface area contributed by atoms with E-state index in [1.54, 1.807) is 12.1 Å². The summed E-state index contributed by atoms with van der Waals surface area (Å²) in [6, 6.07) is 35.3. The van der Waals surface area contributed by atoms with Gasteiger partial charge in [0.15, 0.2) is 0 Å². The second-order valence-corrected chi connectivity index (χ2v) is 8.63. The first kappa shape index (κ1) is 24.6. The first-order chi connectivity index (χ1) is 18.5. The van der Waals surface area contributed by atoms with Gasteiger partial charge in [-0.2, -0.15) is 0 Å². The molecular formula is C32H28N2O4. The molecule has 0 amide bonds. The fourth-order valence-electron chi connectivity index (χ4n) is 3.88. The van der Waals surface area contributed by atoms with Crippen LogP contribution in [-0.4, -0.2) is 0 Å². The third kappa shape index (κ3) is 6.36. The summed E-state index contributed by atoms with van der Waals surface area (Å²) >= 11 is 0. The van der Waals surface area contributed by atoms with Gasteiger partial charge in [-0.1, -0.05) is 37.3 Å². The van der Waals surface area contributed by atoms with Crippen molar-refractivity contribution in [2.24, 2.45) is 0 Å². The van der Waals surface area contributed by atoms with Gasteiger partial charge in [0.05, 0.1) is 0 Å². The van der Waals surface area contributed by atoms with Crippen LogP contribution in [0.25, 0.3) is 0 Å². The molecule has 0 fully saturated rings. The van der Waals surface area contributed by atoms with E-state index >= 15 is 0 Å². The molecule has 38 heavy (non-hydrogen) atoms. The molecule has 5 aromatic carbocycles. The molecule has 5 rings (SSSR count). The van der Waals surface area contributed by atoms with Crippen molar-refractivity contribution in [2.45, 2.75) is 13.3 Å². The number of nitrogens with two attached hydrogens (primary N) is 2. The maximum atomic E-state index is 6.27. The van der Waals surface area contributed by atoms with E-state index in [1.807, 2.05) is 103 Å². The van der Waals surface area contributed by atoms with Crippen molar-refractivity contribution in [1.82, 2.24) is 0 Å². The summed E-state index contributed by atoms with van der Waals surface area (Å²) in [4.78, 5) is 0. The largest absolute Gasteiger partial charge is 0.457 e. The summed E-state index contributed by atoms with van der Waals surface area (Å²) in [5.74, 6) is 5.25. The minimum Gasteiger partial charge on any atom is -0.457 e. The highest BCUT2D eigenvalue weighted by Gasteiger charge is 2.10. The van der Waals surface area contributed by atoms with E-state index in [1.165, 1.54) is 0 Å². The summed E-state index contributed by atoms with van der Waals surface area (Å²) < 4.78 is 24.3. The monoisotopic (exact) mass is 504 g/mol. The Morgan fingerprint density at radius 3 is 1.29 bits per heavy atom. The Kier molecular flexibility index (Phi) is 7.32. The summed E-state index contributed by atoms with van der Waals surface area (Å²) in [6.07, 6.45) is 0.804. The normalized spacial score (nSPS) is 10.6. The molecule has 0 spiro atoms. The molecule has 0 radical (unpaired) electrons. The average Bonchev–Trinajstić information content (AvgIpc) is 2.89. The van der Waals surface area contributed by atoms with Crippen molar-refractivity contribution in [3.63, 3.8) is 0 Å². The van der Waals surface area contributed by atoms with E-state index in [2.05, 4.69) is 6.92 Å². The van der Waals surface area contributed by atoms with Crippen molar-refractivity contribution in [2.75, 3.05) is 11.5 Å². The number of anilines is 2. The molecule has 0 unspecified atom stereocenters. The maximum absolute atomic E-state index is 6.27. The molecule has 6 nitrogen and oxygen atoms in total. The summed E-state index contributed by atoms with van der Waals surface area (Å²) in [5.41, 5.74) is 14.1. The van der Waals surface area contributed by atoms with Crippen LogP contribution in [0, 0.1) is 0 Å². The zero-order chi connectivity index (χ0) is 26.3. The Labute approximate surface area is 222 Å². The number of hydrogen-bond acceptors (Lipinski definition) is 6. The number of benzene rings is 5. The van der Waals surface area contributed by atoms with E-state index in [0.29, 0.717) is 57.4 Å². The molecule has 0 saturated heterocycles. The lowest BCUT2D eigenvalue weighted by Crippen LogP contribution is -1.93. The Balaban J connectivity index is 1.32. The third-order valence-corrected chi connectivity index (χ3v) is 5.68. The Morgan fingerprint density at radius 1 is 0.447 bits per heavy atom. The quantitative estimate of drug-likeness (QED) is 0.195. The average molecular weight is 505 g/mol. The molecule has 0 aliphatic rings. The second-order valence-electron chi connectivity index (χ2n) is 8.63. The Bertz CT molecular complexity index is 1550. The number of hydrogen-bond donors (Lipinski definition) is 2. The van der Waals surface area contributed by atoms with Crippen molar-refractivity contribution in [3.8, 4) is 46.0 Å². The smallest absolute Gasteiger partial charge is 0.134 e. The molecule has 0 heterocycles. The molecule has 0 saturated carbocycles. The molecule has 0 aliphatic heterocycles. The minimum absolute atomic E-state index is 0.638. The third-order valence-electron chi connectivity index (χ3n) is 5.68. The molecular weight excluding hydrogens is 476 g/mol. The van der Waals surface area contributed by atoms with Gasteiger partial charge in [-0.15, -0.1) is 0 Å². The van der Waals surface area contributed by atoms with Gasteiger partial charge < -0.3 is 30.4 Å². The highest BCUT2D eigenvalue weighted by Crippen LogP contribution is 2.35. The predicted octanol–water partition coefficient (Wildman–Crippen LogP) is 8.58. The number of ether oxygens (including phenoxy) is 4. The lowest BCUT2D eigenvalue weighted by molar-refractivity contribution is 0.445. The van der Waals surface area contributed by atoms with Crippen molar-refractivity contribution >= 4 is 11.4 Å². The molecule has 0 atom stereocenters. The van der Waals surface area contributed by atoms with Crippen LogP contribution in [0.1, 0.15) is 12.5 Å². The molecule has 190 valence electrons. The van der Waals surface area contributed by atoms with Crippen LogP contribution in [-0.2, 0) is 6.42 Å². The van der Waals surface area contributed by atoms with Crippen LogP contribution in [0.2, 0.25) is 0 Å².